The number of aromatic nitrogens is 9. The Balaban J connectivity index is 1.26. The largest absolute Gasteiger partial charge is 0.465 e. The highest BCUT2D eigenvalue weighted by Gasteiger charge is 2.09. The molecule has 2 aromatic carbocycles. The van der Waals surface area contributed by atoms with Crippen LogP contribution in [0.5, 0.6) is 0 Å². The zero-order valence-corrected chi connectivity index (χ0v) is 18.4. The van der Waals surface area contributed by atoms with Crippen LogP contribution in [0.15, 0.2) is 60.9 Å². The van der Waals surface area contributed by atoms with Gasteiger partial charge in [0.25, 0.3) is 0 Å². The predicted molar refractivity (Wildman–Crippen MR) is 125 cm³/mol. The number of ether oxygens (including phenoxy) is 1. The van der Waals surface area contributed by atoms with Gasteiger partial charge in [-0.15, -0.1) is 10.2 Å². The number of anilines is 4. The van der Waals surface area contributed by atoms with Crippen molar-refractivity contribution in [3.05, 3.63) is 77.9 Å². The Kier molecular flexibility index (Phi) is 6.02. The first-order valence-electron chi connectivity index (χ1n) is 10.4. The average Bonchev–Trinajstić information content (AvgIpc) is 3.57. The van der Waals surface area contributed by atoms with Gasteiger partial charge in [0.15, 0.2) is 11.6 Å². The van der Waals surface area contributed by atoms with Crippen molar-refractivity contribution in [2.24, 2.45) is 0 Å². The van der Waals surface area contributed by atoms with E-state index in [0.29, 0.717) is 35.5 Å². The third-order valence-corrected chi connectivity index (χ3v) is 4.94. The van der Waals surface area contributed by atoms with Crippen molar-refractivity contribution in [2.45, 2.75) is 6.42 Å². The molecular weight excluding hydrogens is 450 g/mol. The first-order valence-corrected chi connectivity index (χ1v) is 10.4. The highest BCUT2D eigenvalue weighted by atomic mass is 16.5. The number of H-pyrrole nitrogens is 2. The van der Waals surface area contributed by atoms with Crippen LogP contribution >= 0.6 is 0 Å². The minimum atomic E-state index is -0.388. The van der Waals surface area contributed by atoms with Crippen LogP contribution in [0.4, 0.5) is 23.4 Å². The summed E-state index contributed by atoms with van der Waals surface area (Å²) in [5.41, 5.74) is 3.90. The average molecular weight is 469 g/mol. The molecule has 0 radical (unpaired) electrons. The molecule has 0 bridgehead atoms. The molecule has 0 aliphatic heterocycles. The Morgan fingerprint density at radius 1 is 1.00 bits per heavy atom. The number of hydrogen-bond donors (Lipinski definition) is 4. The smallest absolute Gasteiger partial charge is 0.337 e. The van der Waals surface area contributed by atoms with Crippen LogP contribution < -0.4 is 10.6 Å². The van der Waals surface area contributed by atoms with E-state index in [9.17, 15) is 4.79 Å². The Morgan fingerprint density at radius 3 is 2.60 bits per heavy atom. The molecule has 0 aliphatic rings. The van der Waals surface area contributed by atoms with Crippen molar-refractivity contribution in [3.63, 3.8) is 0 Å². The van der Waals surface area contributed by atoms with Gasteiger partial charge in [-0.1, -0.05) is 29.5 Å². The Labute approximate surface area is 198 Å². The lowest BCUT2D eigenvalue weighted by atomic mass is 10.1. The lowest BCUT2D eigenvalue weighted by Gasteiger charge is -2.07. The molecule has 0 atom stereocenters. The molecule has 174 valence electrons. The minimum Gasteiger partial charge on any atom is -0.465 e. The van der Waals surface area contributed by atoms with Crippen LogP contribution in [0.3, 0.4) is 0 Å². The maximum atomic E-state index is 11.6. The summed E-state index contributed by atoms with van der Waals surface area (Å²) in [6.45, 7) is 0. The summed E-state index contributed by atoms with van der Waals surface area (Å²) < 4.78 is 4.72. The van der Waals surface area contributed by atoms with Gasteiger partial charge >= 0.3 is 5.97 Å². The van der Waals surface area contributed by atoms with Crippen LogP contribution in [-0.2, 0) is 11.2 Å². The maximum absolute atomic E-state index is 11.6. The summed E-state index contributed by atoms with van der Waals surface area (Å²) in [5, 5.41) is 27.4. The van der Waals surface area contributed by atoms with Crippen molar-refractivity contribution in [1.29, 1.82) is 0 Å². The van der Waals surface area contributed by atoms with Gasteiger partial charge < -0.3 is 15.4 Å². The Bertz CT molecular complexity index is 1430. The van der Waals surface area contributed by atoms with Gasteiger partial charge in [0.1, 0.15) is 6.33 Å². The van der Waals surface area contributed by atoms with E-state index in [1.165, 1.54) is 13.4 Å². The zero-order valence-electron chi connectivity index (χ0n) is 18.4. The third kappa shape index (κ3) is 5.24. The number of nitrogens with one attached hydrogen (secondary N) is 4. The van der Waals surface area contributed by atoms with Crippen molar-refractivity contribution < 1.29 is 9.53 Å². The topological polar surface area (TPSA) is 172 Å². The molecule has 0 aliphatic carbocycles. The summed E-state index contributed by atoms with van der Waals surface area (Å²) in [4.78, 5) is 24.4. The summed E-state index contributed by atoms with van der Waals surface area (Å²) in [6.07, 6.45) is 1.95. The van der Waals surface area contributed by atoms with Crippen LogP contribution in [0.1, 0.15) is 21.7 Å². The number of benzene rings is 2. The van der Waals surface area contributed by atoms with E-state index in [2.05, 4.69) is 56.4 Å². The second kappa shape index (κ2) is 9.74. The lowest BCUT2D eigenvalue weighted by molar-refractivity contribution is 0.0600. The number of rotatable bonds is 8. The molecule has 5 aromatic rings. The molecular formula is C22H19N11O2. The van der Waals surface area contributed by atoms with Gasteiger partial charge in [-0.05, 0) is 35.4 Å². The van der Waals surface area contributed by atoms with E-state index in [-0.39, 0.29) is 5.97 Å². The molecule has 0 saturated carbocycles. The molecule has 0 spiro atoms. The van der Waals surface area contributed by atoms with E-state index in [1.54, 1.807) is 24.3 Å². The number of esters is 1. The van der Waals surface area contributed by atoms with Crippen LogP contribution in [0, 0.1) is 0 Å². The summed E-state index contributed by atoms with van der Waals surface area (Å²) in [6, 6.07) is 16.6. The van der Waals surface area contributed by atoms with E-state index in [1.807, 2.05) is 30.3 Å². The first kappa shape index (κ1) is 21.6. The van der Waals surface area contributed by atoms with Gasteiger partial charge in [-0.25, -0.2) is 14.8 Å². The number of methoxy groups -OCH3 is 1. The van der Waals surface area contributed by atoms with Gasteiger partial charge in [0.05, 0.1) is 18.4 Å². The Hall–Kier alpha value is -5.20. The van der Waals surface area contributed by atoms with Crippen molar-refractivity contribution in [3.8, 4) is 11.3 Å². The molecule has 3 heterocycles. The molecule has 0 unspecified atom stereocenters. The molecule has 35 heavy (non-hydrogen) atoms. The quantitative estimate of drug-likeness (QED) is 0.246. The normalized spacial score (nSPS) is 10.7. The van der Waals surface area contributed by atoms with E-state index < -0.39 is 0 Å². The van der Waals surface area contributed by atoms with Crippen LogP contribution in [0.25, 0.3) is 11.3 Å². The van der Waals surface area contributed by atoms with Crippen molar-refractivity contribution in [1.82, 2.24) is 45.8 Å². The molecule has 0 fully saturated rings. The Morgan fingerprint density at radius 2 is 1.83 bits per heavy atom. The molecule has 0 amide bonds. The number of tetrazole rings is 1. The third-order valence-electron chi connectivity index (χ3n) is 4.94. The fourth-order valence-electron chi connectivity index (χ4n) is 3.30. The van der Waals surface area contributed by atoms with Crippen molar-refractivity contribution >= 4 is 29.4 Å². The second-order valence-electron chi connectivity index (χ2n) is 7.32. The fourth-order valence-corrected chi connectivity index (χ4v) is 3.30. The standard InChI is InChI=1S/C22H19N11O2/c1-35-20(34)15-7-5-14(6-8-15)17-11-18(29-28-17)26-22-24-12-23-21(27-22)25-16-4-2-3-13(9-16)10-19-30-32-33-31-19/h2-9,11-12H,10H2,1H3,(H,30,31,32,33)(H3,23,24,25,26,27,28,29). The van der Waals surface area contributed by atoms with Crippen LogP contribution in [0.2, 0.25) is 0 Å². The molecule has 0 saturated heterocycles. The fraction of sp³-hybridized carbons (Fsp3) is 0.0909. The van der Waals surface area contributed by atoms with Crippen molar-refractivity contribution in [2.75, 3.05) is 17.7 Å². The minimum absolute atomic E-state index is 0.324. The van der Waals surface area contributed by atoms with Gasteiger partial charge in [-0.3, -0.25) is 5.10 Å². The highest BCUT2D eigenvalue weighted by Crippen LogP contribution is 2.22. The maximum Gasteiger partial charge on any atom is 0.337 e. The van der Waals surface area contributed by atoms with E-state index >= 15 is 0 Å². The number of hydrogen-bond acceptors (Lipinski definition) is 11. The number of aromatic amines is 2. The number of carbonyl (C=O) groups excluding carboxylic acids is 1. The van der Waals surface area contributed by atoms with Gasteiger partial charge in [0, 0.05) is 18.2 Å². The molecule has 13 heteroatoms. The highest BCUT2D eigenvalue weighted by molar-refractivity contribution is 5.89. The number of carbonyl (C=O) groups is 1. The molecule has 5 rings (SSSR count). The second-order valence-corrected chi connectivity index (χ2v) is 7.32. The monoisotopic (exact) mass is 469 g/mol. The number of nitrogens with zero attached hydrogens (tertiary/aromatic N) is 7. The van der Waals surface area contributed by atoms with E-state index in [0.717, 1.165) is 22.5 Å². The molecule has 13 nitrogen and oxygen atoms in total. The summed E-state index contributed by atoms with van der Waals surface area (Å²) >= 11 is 0. The molecule has 3 aromatic heterocycles. The summed E-state index contributed by atoms with van der Waals surface area (Å²) in [7, 11) is 1.35. The lowest BCUT2D eigenvalue weighted by Crippen LogP contribution is -2.03. The predicted octanol–water partition coefficient (Wildman–Crippen LogP) is 2.64. The molecule has 4 N–H and O–H groups in total. The van der Waals surface area contributed by atoms with E-state index in [4.69, 9.17) is 4.74 Å². The van der Waals surface area contributed by atoms with Crippen LogP contribution in [-0.4, -0.2) is 58.9 Å². The van der Waals surface area contributed by atoms with Gasteiger partial charge in [0.2, 0.25) is 11.9 Å². The summed E-state index contributed by atoms with van der Waals surface area (Å²) in [5.74, 6) is 1.43. The SMILES string of the molecule is COC(=O)c1ccc(-c2cc(Nc3ncnc(Nc4cccc(Cc5nn[nH]n5)c4)n3)n[nH]2)cc1. The zero-order chi connectivity index (χ0) is 24.0. The first-order chi connectivity index (χ1) is 17.2. The van der Waals surface area contributed by atoms with Gasteiger partial charge in [-0.2, -0.15) is 15.3 Å².